The highest BCUT2D eigenvalue weighted by Gasteiger charge is 2.24. The Balaban J connectivity index is 1.87. The first-order chi connectivity index (χ1) is 10.6. The summed E-state index contributed by atoms with van der Waals surface area (Å²) < 4.78 is 11.2. The van der Waals surface area contributed by atoms with E-state index in [1.165, 1.54) is 0 Å². The molecular weight excluding hydrogens is 280 g/mol. The number of anilines is 1. The zero-order valence-electron chi connectivity index (χ0n) is 13.3. The fraction of sp³-hybridized carbons (Fsp3) is 0.500. The first-order valence-electron chi connectivity index (χ1n) is 7.55. The number of hydrogen-bond acceptors (Lipinski definition) is 6. The molecule has 6 heteroatoms. The molecule has 3 rings (SSSR count). The minimum atomic E-state index is 0.355. The molecule has 0 spiro atoms. The predicted molar refractivity (Wildman–Crippen MR) is 84.9 cm³/mol. The lowest BCUT2D eigenvalue weighted by molar-refractivity contribution is 0.237. The van der Waals surface area contributed by atoms with Crippen LogP contribution < -0.4 is 10.5 Å². The maximum atomic E-state index is 5.93. The second-order valence-electron chi connectivity index (χ2n) is 5.93. The Labute approximate surface area is 130 Å². The zero-order chi connectivity index (χ0) is 15.7. The van der Waals surface area contributed by atoms with Crippen molar-refractivity contribution in [3.8, 4) is 17.2 Å². The van der Waals surface area contributed by atoms with Gasteiger partial charge in [-0.15, -0.1) is 10.2 Å². The van der Waals surface area contributed by atoms with Gasteiger partial charge in [0.2, 0.25) is 11.8 Å². The highest BCUT2D eigenvalue weighted by Crippen LogP contribution is 2.33. The summed E-state index contributed by atoms with van der Waals surface area (Å²) in [5.74, 6) is 2.25. The smallest absolute Gasteiger partial charge is 0.248 e. The van der Waals surface area contributed by atoms with Crippen molar-refractivity contribution in [3.63, 3.8) is 0 Å². The van der Waals surface area contributed by atoms with Gasteiger partial charge in [-0.2, -0.15) is 0 Å². The van der Waals surface area contributed by atoms with E-state index >= 15 is 0 Å². The molecule has 0 bridgehead atoms. The zero-order valence-corrected chi connectivity index (χ0v) is 13.3. The highest BCUT2D eigenvalue weighted by molar-refractivity contribution is 5.68. The Hall–Kier alpha value is -2.08. The summed E-state index contributed by atoms with van der Waals surface area (Å²) in [6, 6.07) is 3.73. The molecular formula is C16H22N4O2. The summed E-state index contributed by atoms with van der Waals surface area (Å²) in [5.41, 5.74) is 8.40. The molecule has 0 radical (unpaired) electrons. The Morgan fingerprint density at radius 2 is 2.00 bits per heavy atom. The van der Waals surface area contributed by atoms with E-state index in [0.29, 0.717) is 23.2 Å². The van der Waals surface area contributed by atoms with Crippen LogP contribution in [0, 0.1) is 6.92 Å². The van der Waals surface area contributed by atoms with Gasteiger partial charge in [-0.05, 0) is 57.6 Å². The second kappa shape index (κ2) is 5.96. The largest absolute Gasteiger partial charge is 0.495 e. The van der Waals surface area contributed by atoms with E-state index in [-0.39, 0.29) is 0 Å². The number of benzene rings is 1. The van der Waals surface area contributed by atoms with Crippen LogP contribution in [-0.2, 0) is 0 Å². The molecule has 1 aliphatic heterocycles. The number of methoxy groups -OCH3 is 1. The Bertz CT molecular complexity index is 660. The average Bonchev–Trinajstić information content (AvgIpc) is 2.98. The molecule has 0 amide bonds. The Kier molecular flexibility index (Phi) is 4.02. The molecule has 118 valence electrons. The van der Waals surface area contributed by atoms with Gasteiger partial charge in [0.05, 0.1) is 12.8 Å². The number of nitrogens with zero attached hydrogens (tertiary/aromatic N) is 3. The second-order valence-corrected chi connectivity index (χ2v) is 5.93. The number of likely N-dealkylation sites (tertiary alicyclic amines) is 1. The molecule has 1 saturated heterocycles. The molecule has 2 aromatic rings. The van der Waals surface area contributed by atoms with E-state index in [0.717, 1.165) is 42.9 Å². The molecule has 6 nitrogen and oxygen atoms in total. The standard InChI is InChI=1S/C16H22N4O2/c1-10-8-13(17)14(21-3)9-12(10)16-19-18-15(22-16)11-4-6-20(2)7-5-11/h8-9,11H,4-7,17H2,1-3H3. The van der Waals surface area contributed by atoms with Crippen LogP contribution in [0.4, 0.5) is 5.69 Å². The van der Waals surface area contributed by atoms with Crippen LogP contribution in [0.1, 0.15) is 30.2 Å². The average molecular weight is 302 g/mol. The molecule has 22 heavy (non-hydrogen) atoms. The van der Waals surface area contributed by atoms with Gasteiger partial charge < -0.3 is 19.8 Å². The number of rotatable bonds is 3. The quantitative estimate of drug-likeness (QED) is 0.878. The number of nitrogens with two attached hydrogens (primary N) is 1. The normalized spacial score (nSPS) is 16.9. The summed E-state index contributed by atoms with van der Waals surface area (Å²) >= 11 is 0. The Morgan fingerprint density at radius 1 is 1.27 bits per heavy atom. The van der Waals surface area contributed by atoms with Crippen LogP contribution in [0.3, 0.4) is 0 Å². The van der Waals surface area contributed by atoms with Crippen LogP contribution in [0.15, 0.2) is 16.5 Å². The number of hydrogen-bond donors (Lipinski definition) is 1. The molecule has 0 aliphatic carbocycles. The number of aryl methyl sites for hydroxylation is 1. The van der Waals surface area contributed by atoms with Gasteiger partial charge in [0, 0.05) is 11.5 Å². The molecule has 1 aliphatic rings. The maximum Gasteiger partial charge on any atom is 0.248 e. The van der Waals surface area contributed by atoms with Gasteiger partial charge in [-0.3, -0.25) is 0 Å². The van der Waals surface area contributed by atoms with E-state index in [1.54, 1.807) is 7.11 Å². The van der Waals surface area contributed by atoms with Gasteiger partial charge in [-0.25, -0.2) is 0 Å². The van der Waals surface area contributed by atoms with Crippen molar-refractivity contribution >= 4 is 5.69 Å². The lowest BCUT2D eigenvalue weighted by atomic mass is 9.97. The molecule has 0 saturated carbocycles. The van der Waals surface area contributed by atoms with Crippen LogP contribution in [-0.4, -0.2) is 42.3 Å². The molecule has 2 N–H and O–H groups in total. The monoisotopic (exact) mass is 302 g/mol. The molecule has 0 atom stereocenters. The summed E-state index contributed by atoms with van der Waals surface area (Å²) in [6.45, 7) is 4.11. The van der Waals surface area contributed by atoms with Crippen LogP contribution >= 0.6 is 0 Å². The SMILES string of the molecule is COc1cc(-c2nnc(C3CCN(C)CC3)o2)c(C)cc1N. The fourth-order valence-electron chi connectivity index (χ4n) is 2.88. The van der Waals surface area contributed by atoms with E-state index in [1.807, 2.05) is 19.1 Å². The van der Waals surface area contributed by atoms with Crippen molar-refractivity contribution in [2.24, 2.45) is 0 Å². The molecule has 1 fully saturated rings. The van der Waals surface area contributed by atoms with E-state index in [9.17, 15) is 0 Å². The van der Waals surface area contributed by atoms with Crippen molar-refractivity contribution < 1.29 is 9.15 Å². The Morgan fingerprint density at radius 3 is 2.68 bits per heavy atom. The van der Waals surface area contributed by atoms with Gasteiger partial charge >= 0.3 is 0 Å². The summed E-state index contributed by atoms with van der Waals surface area (Å²) in [4.78, 5) is 2.32. The van der Waals surface area contributed by atoms with Gasteiger partial charge in [0.15, 0.2) is 0 Å². The maximum absolute atomic E-state index is 5.93. The number of nitrogen functional groups attached to an aromatic ring is 1. The van der Waals surface area contributed by atoms with Gasteiger partial charge in [-0.1, -0.05) is 0 Å². The van der Waals surface area contributed by atoms with Crippen LogP contribution in [0.25, 0.3) is 11.5 Å². The third kappa shape index (κ3) is 2.78. The third-order valence-corrected chi connectivity index (χ3v) is 4.32. The lowest BCUT2D eigenvalue weighted by Gasteiger charge is -2.26. The van der Waals surface area contributed by atoms with Crippen molar-refractivity contribution in [2.75, 3.05) is 33.0 Å². The first kappa shape index (κ1) is 14.8. The topological polar surface area (TPSA) is 77.4 Å². The van der Waals surface area contributed by atoms with Crippen molar-refractivity contribution in [1.29, 1.82) is 0 Å². The number of aromatic nitrogens is 2. The number of piperidine rings is 1. The molecule has 2 heterocycles. The van der Waals surface area contributed by atoms with E-state index in [4.69, 9.17) is 14.9 Å². The fourth-order valence-corrected chi connectivity index (χ4v) is 2.88. The lowest BCUT2D eigenvalue weighted by Crippen LogP contribution is -2.29. The van der Waals surface area contributed by atoms with E-state index in [2.05, 4.69) is 22.1 Å². The minimum Gasteiger partial charge on any atom is -0.495 e. The van der Waals surface area contributed by atoms with Crippen molar-refractivity contribution in [2.45, 2.75) is 25.7 Å². The molecule has 1 aromatic carbocycles. The number of ether oxygens (including phenoxy) is 1. The summed E-state index contributed by atoms with van der Waals surface area (Å²) in [6.07, 6.45) is 2.12. The summed E-state index contributed by atoms with van der Waals surface area (Å²) in [5, 5.41) is 8.47. The highest BCUT2D eigenvalue weighted by atomic mass is 16.5. The van der Waals surface area contributed by atoms with Crippen LogP contribution in [0.2, 0.25) is 0 Å². The van der Waals surface area contributed by atoms with Gasteiger partial charge in [0.1, 0.15) is 5.75 Å². The molecule has 1 aromatic heterocycles. The van der Waals surface area contributed by atoms with E-state index < -0.39 is 0 Å². The predicted octanol–water partition coefficient (Wildman–Crippen LogP) is 2.45. The summed E-state index contributed by atoms with van der Waals surface area (Å²) in [7, 11) is 3.74. The van der Waals surface area contributed by atoms with Crippen molar-refractivity contribution in [1.82, 2.24) is 15.1 Å². The van der Waals surface area contributed by atoms with Crippen molar-refractivity contribution in [3.05, 3.63) is 23.6 Å². The third-order valence-electron chi connectivity index (χ3n) is 4.32. The first-order valence-corrected chi connectivity index (χ1v) is 7.55. The van der Waals surface area contributed by atoms with Gasteiger partial charge in [0.25, 0.3) is 0 Å². The van der Waals surface area contributed by atoms with Crippen LogP contribution in [0.5, 0.6) is 5.75 Å². The molecule has 0 unspecified atom stereocenters. The minimum absolute atomic E-state index is 0.355.